The quantitative estimate of drug-likeness (QED) is 0.404. The minimum absolute atomic E-state index is 0.122. The van der Waals surface area contributed by atoms with Crippen molar-refractivity contribution in [2.75, 3.05) is 11.1 Å². The molecule has 0 bridgehead atoms. The van der Waals surface area contributed by atoms with Crippen LogP contribution in [0.25, 0.3) is 10.2 Å². The van der Waals surface area contributed by atoms with Gasteiger partial charge >= 0.3 is 5.97 Å². The molecule has 0 saturated heterocycles. The summed E-state index contributed by atoms with van der Waals surface area (Å²) in [6.45, 7) is 1.35. The second-order valence-electron chi connectivity index (χ2n) is 7.41. The van der Waals surface area contributed by atoms with Gasteiger partial charge in [-0.1, -0.05) is 12.1 Å². The van der Waals surface area contributed by atoms with Gasteiger partial charge in [0.15, 0.2) is 6.04 Å². The standard InChI is InChI=1S/C22H20N4O5S2/c1-11(27)23-16(8-12-2-5-14(28)6-3-12)19(29)24-13-4-7-15-18(9-13)33-21(25-15)20-26-17(10-32-20)22(30)31/h2-7,9,16-17,28H,8,10H2,1H3,(H,23,27)(H,24,29)(H,30,31). The van der Waals surface area contributed by atoms with Crippen molar-refractivity contribution in [2.24, 2.45) is 4.99 Å². The number of carboxylic acid groups (broad SMARTS) is 1. The summed E-state index contributed by atoms with van der Waals surface area (Å²) in [4.78, 5) is 44.4. The molecular formula is C22H20N4O5S2. The first kappa shape index (κ1) is 22.7. The Morgan fingerprint density at radius 1 is 1.18 bits per heavy atom. The van der Waals surface area contributed by atoms with Crippen LogP contribution in [0.5, 0.6) is 5.75 Å². The maximum atomic E-state index is 12.9. The number of hydrogen-bond donors (Lipinski definition) is 4. The Labute approximate surface area is 197 Å². The third kappa shape index (κ3) is 5.49. The number of phenols is 1. The lowest BCUT2D eigenvalue weighted by atomic mass is 10.0. The van der Waals surface area contributed by atoms with Crippen LogP contribution in [-0.4, -0.2) is 55.9 Å². The lowest BCUT2D eigenvalue weighted by Crippen LogP contribution is -2.44. The number of aromatic hydroxyl groups is 1. The minimum atomic E-state index is -0.954. The van der Waals surface area contributed by atoms with Crippen LogP contribution in [0.15, 0.2) is 47.5 Å². The van der Waals surface area contributed by atoms with Gasteiger partial charge < -0.3 is 20.8 Å². The van der Waals surface area contributed by atoms with Crippen molar-refractivity contribution in [2.45, 2.75) is 25.4 Å². The highest BCUT2D eigenvalue weighted by Crippen LogP contribution is 2.31. The van der Waals surface area contributed by atoms with E-state index in [-0.39, 0.29) is 24.0 Å². The molecule has 1 aliphatic heterocycles. The molecule has 0 saturated carbocycles. The van der Waals surface area contributed by atoms with Gasteiger partial charge in [0.1, 0.15) is 21.8 Å². The number of carbonyl (C=O) groups excluding carboxylic acids is 2. The van der Waals surface area contributed by atoms with Gasteiger partial charge in [-0.25, -0.2) is 9.78 Å². The Bertz CT molecular complexity index is 1260. The van der Waals surface area contributed by atoms with E-state index in [2.05, 4.69) is 20.6 Å². The van der Waals surface area contributed by atoms with Crippen LogP contribution in [0, 0.1) is 0 Å². The lowest BCUT2D eigenvalue weighted by molar-refractivity contribution is -0.137. The Morgan fingerprint density at radius 2 is 1.94 bits per heavy atom. The molecule has 2 atom stereocenters. The predicted octanol–water partition coefficient (Wildman–Crippen LogP) is 2.63. The minimum Gasteiger partial charge on any atom is -0.508 e. The molecule has 4 rings (SSSR count). The van der Waals surface area contributed by atoms with E-state index in [9.17, 15) is 19.5 Å². The van der Waals surface area contributed by atoms with E-state index >= 15 is 0 Å². The van der Waals surface area contributed by atoms with Crippen LogP contribution < -0.4 is 10.6 Å². The van der Waals surface area contributed by atoms with Gasteiger partial charge in [-0.05, 0) is 35.9 Å². The zero-order chi connectivity index (χ0) is 23.5. The van der Waals surface area contributed by atoms with E-state index < -0.39 is 18.1 Å². The number of phenolic OH excluding ortho intramolecular Hbond substituents is 1. The number of aliphatic carboxylic acids is 1. The zero-order valence-corrected chi connectivity index (χ0v) is 19.1. The van der Waals surface area contributed by atoms with Crippen LogP contribution in [-0.2, 0) is 20.8 Å². The molecule has 0 spiro atoms. The number of thiazole rings is 1. The molecule has 1 aromatic heterocycles. The molecule has 11 heteroatoms. The Kier molecular flexibility index (Phi) is 6.61. The molecule has 33 heavy (non-hydrogen) atoms. The van der Waals surface area contributed by atoms with Crippen LogP contribution in [0.2, 0.25) is 0 Å². The Hall–Kier alpha value is -3.44. The molecule has 1 aliphatic rings. The maximum Gasteiger partial charge on any atom is 0.329 e. The number of hydrogen-bond acceptors (Lipinski definition) is 8. The number of aliphatic imine (C=N–C) groups is 1. The Balaban J connectivity index is 1.51. The van der Waals surface area contributed by atoms with Crippen molar-refractivity contribution < 1.29 is 24.6 Å². The van der Waals surface area contributed by atoms with E-state index in [1.165, 1.54) is 42.2 Å². The summed E-state index contributed by atoms with van der Waals surface area (Å²) in [6, 6.07) is 10.2. The highest BCUT2D eigenvalue weighted by atomic mass is 32.2. The van der Waals surface area contributed by atoms with Gasteiger partial charge in [0.05, 0.1) is 10.2 Å². The highest BCUT2D eigenvalue weighted by Gasteiger charge is 2.27. The Morgan fingerprint density at radius 3 is 2.61 bits per heavy atom. The van der Waals surface area contributed by atoms with Crippen molar-refractivity contribution in [3.63, 3.8) is 0 Å². The average molecular weight is 485 g/mol. The van der Waals surface area contributed by atoms with Gasteiger partial charge in [0.2, 0.25) is 11.8 Å². The number of aromatic nitrogens is 1. The van der Waals surface area contributed by atoms with Crippen molar-refractivity contribution >= 4 is 61.8 Å². The largest absolute Gasteiger partial charge is 0.508 e. The summed E-state index contributed by atoms with van der Waals surface area (Å²) >= 11 is 2.74. The van der Waals surface area contributed by atoms with E-state index in [1.807, 2.05) is 0 Å². The van der Waals surface area contributed by atoms with Gasteiger partial charge in [-0.15, -0.1) is 23.1 Å². The van der Waals surface area contributed by atoms with Crippen LogP contribution in [0.3, 0.4) is 0 Å². The van der Waals surface area contributed by atoms with E-state index in [0.29, 0.717) is 21.5 Å². The van der Waals surface area contributed by atoms with Gasteiger partial charge in [0, 0.05) is 24.8 Å². The predicted molar refractivity (Wildman–Crippen MR) is 128 cm³/mol. The summed E-state index contributed by atoms with van der Waals surface area (Å²) in [6.07, 6.45) is 0.264. The van der Waals surface area contributed by atoms with E-state index in [1.54, 1.807) is 30.3 Å². The first-order valence-electron chi connectivity index (χ1n) is 9.99. The smallest absolute Gasteiger partial charge is 0.329 e. The summed E-state index contributed by atoms with van der Waals surface area (Å²) in [5.41, 5.74) is 2.06. The maximum absolute atomic E-state index is 12.9. The number of carbonyl (C=O) groups is 3. The number of nitrogens with zero attached hydrogens (tertiary/aromatic N) is 2. The highest BCUT2D eigenvalue weighted by molar-refractivity contribution is 8.15. The fourth-order valence-corrected chi connectivity index (χ4v) is 5.36. The monoisotopic (exact) mass is 484 g/mol. The summed E-state index contributed by atoms with van der Waals surface area (Å²) in [5.74, 6) is -1.15. The molecule has 2 heterocycles. The molecule has 0 fully saturated rings. The van der Waals surface area contributed by atoms with Crippen molar-refractivity contribution in [3.05, 3.63) is 53.0 Å². The first-order valence-corrected chi connectivity index (χ1v) is 11.8. The van der Waals surface area contributed by atoms with Gasteiger partial charge in [0.25, 0.3) is 0 Å². The number of carboxylic acids is 1. The number of amides is 2. The summed E-state index contributed by atoms with van der Waals surface area (Å²) in [5, 5.41) is 25.3. The second-order valence-corrected chi connectivity index (χ2v) is 9.45. The number of benzene rings is 2. The molecule has 170 valence electrons. The molecule has 4 N–H and O–H groups in total. The number of rotatable bonds is 7. The fourth-order valence-electron chi connectivity index (χ4n) is 3.26. The van der Waals surface area contributed by atoms with Crippen LogP contribution >= 0.6 is 23.1 Å². The van der Waals surface area contributed by atoms with Crippen LogP contribution in [0.1, 0.15) is 17.5 Å². The van der Waals surface area contributed by atoms with E-state index in [4.69, 9.17) is 5.11 Å². The lowest BCUT2D eigenvalue weighted by Gasteiger charge is -2.18. The normalized spacial score (nSPS) is 16.3. The molecule has 2 aromatic carbocycles. The zero-order valence-electron chi connectivity index (χ0n) is 17.4. The fraction of sp³-hybridized carbons (Fsp3) is 0.227. The average Bonchev–Trinajstić information content (AvgIpc) is 3.41. The van der Waals surface area contributed by atoms with Gasteiger partial charge in [-0.2, -0.15) is 0 Å². The molecular weight excluding hydrogens is 464 g/mol. The molecule has 3 aromatic rings. The van der Waals surface area contributed by atoms with E-state index in [0.717, 1.165) is 15.8 Å². The van der Waals surface area contributed by atoms with Crippen molar-refractivity contribution in [1.82, 2.24) is 10.3 Å². The third-order valence-corrected chi connectivity index (χ3v) is 7.05. The number of thioether (sulfide) groups is 1. The SMILES string of the molecule is CC(=O)NC(Cc1ccc(O)cc1)C(=O)Nc1ccc2nc(C3=NC(C(=O)O)CS3)sc2c1. The van der Waals surface area contributed by atoms with Crippen molar-refractivity contribution in [3.8, 4) is 5.75 Å². The first-order chi connectivity index (χ1) is 15.8. The molecule has 9 nitrogen and oxygen atoms in total. The number of anilines is 1. The second kappa shape index (κ2) is 9.59. The third-order valence-electron chi connectivity index (χ3n) is 4.85. The summed E-state index contributed by atoms with van der Waals surface area (Å²) in [7, 11) is 0. The van der Waals surface area contributed by atoms with Crippen molar-refractivity contribution in [1.29, 1.82) is 0 Å². The molecule has 2 unspecified atom stereocenters. The molecule has 2 amide bonds. The number of fused-ring (bicyclic) bond motifs is 1. The summed E-state index contributed by atoms with van der Waals surface area (Å²) < 4.78 is 0.819. The van der Waals surface area contributed by atoms with Gasteiger partial charge in [-0.3, -0.25) is 14.6 Å². The number of nitrogens with one attached hydrogen (secondary N) is 2. The van der Waals surface area contributed by atoms with Crippen LogP contribution in [0.4, 0.5) is 5.69 Å². The molecule has 0 radical (unpaired) electrons. The molecule has 0 aliphatic carbocycles. The topological polar surface area (TPSA) is 141 Å².